The summed E-state index contributed by atoms with van der Waals surface area (Å²) in [6.45, 7) is 15.3. The Hall–Kier alpha value is -4.33. The summed E-state index contributed by atoms with van der Waals surface area (Å²) in [5.41, 5.74) is 2.64. The van der Waals surface area contributed by atoms with Gasteiger partial charge in [-0.2, -0.15) is 0 Å². The first-order valence-corrected chi connectivity index (χ1v) is 15.1. The van der Waals surface area contributed by atoms with Crippen LogP contribution in [-0.2, 0) is 27.3 Å². The molecule has 8 heteroatoms. The molecule has 0 fully saturated rings. The number of carbonyl (C=O) groups is 3. The van der Waals surface area contributed by atoms with Crippen LogP contribution in [0.25, 0.3) is 0 Å². The Morgan fingerprint density at radius 1 is 0.886 bits per heavy atom. The van der Waals surface area contributed by atoms with Crippen LogP contribution in [0.4, 0.5) is 4.79 Å². The number of hydrogen-bond donors (Lipinski definition) is 3. The molecule has 0 spiro atoms. The Morgan fingerprint density at radius 2 is 1.52 bits per heavy atom. The highest BCUT2D eigenvalue weighted by molar-refractivity contribution is 5.93. The minimum atomic E-state index is -1.06. The Morgan fingerprint density at radius 3 is 2.11 bits per heavy atom. The number of ether oxygens (including phenoxy) is 1. The van der Waals surface area contributed by atoms with E-state index in [1.165, 1.54) is 12.1 Å². The maximum Gasteiger partial charge on any atom is 0.408 e. The summed E-state index contributed by atoms with van der Waals surface area (Å²) in [6, 6.07) is 19.9. The second-order valence-electron chi connectivity index (χ2n) is 12.9. The van der Waals surface area contributed by atoms with E-state index in [1.54, 1.807) is 37.8 Å². The fourth-order valence-electron chi connectivity index (χ4n) is 4.96. The normalized spacial score (nSPS) is 13.0. The molecule has 0 aliphatic carbocycles. The standard InChI is InChI=1S/C36H47N3O5/c1-9-36(7,8)39(33(42)30(38-34(43)44-35(4,5)6)22-26-17-19-28(40)20-18-26)31(29-21-24(2)15-16-25(29)3)32(41)37-23-27-13-11-10-12-14-27/h10-21,30-31,40H,9,22-23H2,1-8H3,(H,37,41)(H,38,43). The zero-order chi connectivity index (χ0) is 32.7. The summed E-state index contributed by atoms with van der Waals surface area (Å²) < 4.78 is 5.54. The van der Waals surface area contributed by atoms with Gasteiger partial charge in [0.1, 0.15) is 23.4 Å². The molecule has 44 heavy (non-hydrogen) atoms. The molecule has 0 radical (unpaired) electrons. The van der Waals surface area contributed by atoms with Crippen LogP contribution in [0.5, 0.6) is 5.75 Å². The molecule has 0 aliphatic heterocycles. The Kier molecular flexibility index (Phi) is 11.2. The van der Waals surface area contributed by atoms with Gasteiger partial charge in [0.2, 0.25) is 11.8 Å². The van der Waals surface area contributed by atoms with Gasteiger partial charge in [0.25, 0.3) is 0 Å². The van der Waals surface area contributed by atoms with Crippen molar-refractivity contribution in [3.05, 3.63) is 101 Å². The quantitative estimate of drug-likeness (QED) is 0.232. The zero-order valence-corrected chi connectivity index (χ0v) is 27.2. The van der Waals surface area contributed by atoms with Gasteiger partial charge >= 0.3 is 6.09 Å². The van der Waals surface area contributed by atoms with E-state index in [0.29, 0.717) is 18.5 Å². The van der Waals surface area contributed by atoms with Crippen molar-refractivity contribution < 1.29 is 24.2 Å². The number of aryl methyl sites for hydroxylation is 2. The fourth-order valence-corrected chi connectivity index (χ4v) is 4.96. The highest BCUT2D eigenvalue weighted by Gasteiger charge is 2.43. The van der Waals surface area contributed by atoms with Gasteiger partial charge in [-0.05, 0) is 89.3 Å². The highest BCUT2D eigenvalue weighted by Crippen LogP contribution is 2.34. The number of phenolic OH excluding ortho intramolecular Hbond substituents is 1. The number of carbonyl (C=O) groups excluding carboxylic acids is 3. The van der Waals surface area contributed by atoms with E-state index < -0.39 is 35.2 Å². The van der Waals surface area contributed by atoms with Gasteiger partial charge in [-0.1, -0.05) is 73.2 Å². The summed E-state index contributed by atoms with van der Waals surface area (Å²) in [5, 5.41) is 15.7. The molecular formula is C36H47N3O5. The summed E-state index contributed by atoms with van der Waals surface area (Å²) in [5.74, 6) is -0.648. The number of nitrogens with one attached hydrogen (secondary N) is 2. The zero-order valence-electron chi connectivity index (χ0n) is 27.2. The largest absolute Gasteiger partial charge is 0.508 e. The van der Waals surface area contributed by atoms with E-state index in [0.717, 1.165) is 22.3 Å². The molecule has 0 bridgehead atoms. The molecule has 0 heterocycles. The third-order valence-corrected chi connectivity index (χ3v) is 7.67. The van der Waals surface area contributed by atoms with Gasteiger partial charge in [0, 0.05) is 18.5 Å². The van der Waals surface area contributed by atoms with Crippen molar-refractivity contribution in [1.29, 1.82) is 0 Å². The van der Waals surface area contributed by atoms with Crippen LogP contribution in [0.15, 0.2) is 72.8 Å². The number of benzene rings is 3. The molecule has 0 aromatic heterocycles. The second kappa shape index (κ2) is 14.4. The smallest absolute Gasteiger partial charge is 0.408 e. The van der Waals surface area contributed by atoms with Gasteiger partial charge in [-0.15, -0.1) is 0 Å². The Balaban J connectivity index is 2.13. The minimum absolute atomic E-state index is 0.0931. The van der Waals surface area contributed by atoms with Crippen LogP contribution < -0.4 is 10.6 Å². The maximum atomic E-state index is 14.8. The molecule has 3 rings (SSSR count). The average Bonchev–Trinajstić information content (AvgIpc) is 2.96. The SMILES string of the molecule is CCC(C)(C)N(C(=O)C(Cc1ccc(O)cc1)NC(=O)OC(C)(C)C)C(C(=O)NCc1ccccc1)c1cc(C)ccc1C. The molecule has 3 amide bonds. The number of phenols is 1. The predicted molar refractivity (Wildman–Crippen MR) is 173 cm³/mol. The van der Waals surface area contributed by atoms with Crippen molar-refractivity contribution in [2.24, 2.45) is 0 Å². The van der Waals surface area contributed by atoms with Crippen molar-refractivity contribution in [2.45, 2.75) is 98.0 Å². The summed E-state index contributed by atoms with van der Waals surface area (Å²) in [6.07, 6.45) is -0.0646. The van der Waals surface area contributed by atoms with E-state index >= 15 is 0 Å². The molecule has 3 aromatic rings. The van der Waals surface area contributed by atoms with Gasteiger partial charge in [0.05, 0.1) is 0 Å². The first-order valence-electron chi connectivity index (χ1n) is 15.1. The van der Waals surface area contributed by atoms with E-state index in [1.807, 2.05) is 83.1 Å². The third kappa shape index (κ3) is 9.33. The van der Waals surface area contributed by atoms with E-state index in [-0.39, 0.29) is 18.1 Å². The highest BCUT2D eigenvalue weighted by atomic mass is 16.6. The van der Waals surface area contributed by atoms with E-state index in [9.17, 15) is 19.5 Å². The van der Waals surface area contributed by atoms with Gasteiger partial charge in [-0.25, -0.2) is 4.79 Å². The van der Waals surface area contributed by atoms with Crippen molar-refractivity contribution >= 4 is 17.9 Å². The Labute approximate surface area is 261 Å². The van der Waals surface area contributed by atoms with Crippen LogP contribution in [-0.4, -0.2) is 45.1 Å². The number of nitrogens with zero attached hydrogens (tertiary/aromatic N) is 1. The number of aromatic hydroxyl groups is 1. The topological polar surface area (TPSA) is 108 Å². The van der Waals surface area contributed by atoms with Crippen molar-refractivity contribution in [1.82, 2.24) is 15.5 Å². The average molecular weight is 602 g/mol. The van der Waals surface area contributed by atoms with Crippen molar-refractivity contribution in [3.8, 4) is 5.75 Å². The monoisotopic (exact) mass is 601 g/mol. The number of alkyl carbamates (subject to hydrolysis) is 1. The van der Waals surface area contributed by atoms with Gasteiger partial charge in [-0.3, -0.25) is 9.59 Å². The van der Waals surface area contributed by atoms with Gasteiger partial charge in [0.15, 0.2) is 0 Å². The molecule has 3 aromatic carbocycles. The number of amides is 3. The van der Waals surface area contributed by atoms with E-state index in [4.69, 9.17) is 4.74 Å². The molecule has 2 atom stereocenters. The van der Waals surface area contributed by atoms with Crippen LogP contribution in [0.1, 0.15) is 81.8 Å². The van der Waals surface area contributed by atoms with Gasteiger partial charge < -0.3 is 25.4 Å². The van der Waals surface area contributed by atoms with Crippen LogP contribution in [0.2, 0.25) is 0 Å². The molecule has 8 nitrogen and oxygen atoms in total. The van der Waals surface area contributed by atoms with E-state index in [2.05, 4.69) is 10.6 Å². The molecule has 0 saturated carbocycles. The molecule has 2 unspecified atom stereocenters. The molecule has 0 aliphatic rings. The molecular weight excluding hydrogens is 554 g/mol. The first kappa shape index (κ1) is 34.2. The summed E-state index contributed by atoms with van der Waals surface area (Å²) in [7, 11) is 0. The lowest BCUT2D eigenvalue weighted by molar-refractivity contribution is -0.149. The summed E-state index contributed by atoms with van der Waals surface area (Å²) in [4.78, 5) is 43.8. The lowest BCUT2D eigenvalue weighted by Gasteiger charge is -2.45. The minimum Gasteiger partial charge on any atom is -0.508 e. The lowest BCUT2D eigenvalue weighted by Crippen LogP contribution is -2.60. The van der Waals surface area contributed by atoms with Crippen LogP contribution in [0, 0.1) is 13.8 Å². The van der Waals surface area contributed by atoms with Crippen molar-refractivity contribution in [3.63, 3.8) is 0 Å². The van der Waals surface area contributed by atoms with Crippen molar-refractivity contribution in [2.75, 3.05) is 0 Å². The maximum absolute atomic E-state index is 14.8. The lowest BCUT2D eigenvalue weighted by atomic mass is 9.89. The molecule has 0 saturated heterocycles. The number of rotatable bonds is 11. The van der Waals surface area contributed by atoms with Crippen LogP contribution >= 0.6 is 0 Å². The fraction of sp³-hybridized carbons (Fsp3) is 0.417. The first-order chi connectivity index (χ1) is 20.6. The molecule has 3 N–H and O–H groups in total. The third-order valence-electron chi connectivity index (χ3n) is 7.67. The molecule has 236 valence electrons. The van der Waals surface area contributed by atoms with Crippen LogP contribution in [0.3, 0.4) is 0 Å². The Bertz CT molecular complexity index is 1430. The summed E-state index contributed by atoms with van der Waals surface area (Å²) >= 11 is 0. The second-order valence-corrected chi connectivity index (χ2v) is 12.9. The predicted octanol–water partition coefficient (Wildman–Crippen LogP) is 6.52. The number of hydrogen-bond acceptors (Lipinski definition) is 5.